The molecule has 0 aliphatic carbocycles. The van der Waals surface area contributed by atoms with Crippen LogP contribution in [0.5, 0.6) is 0 Å². The molecule has 0 saturated carbocycles. The van der Waals surface area contributed by atoms with Crippen molar-refractivity contribution < 1.29 is 19.4 Å². The molecule has 1 aromatic rings. The van der Waals surface area contributed by atoms with Gasteiger partial charge in [0.05, 0.1) is 16.8 Å². The second kappa shape index (κ2) is 4.07. The fourth-order valence-corrected chi connectivity index (χ4v) is 1.80. The Morgan fingerprint density at radius 1 is 1.17 bits per heavy atom. The summed E-state index contributed by atoms with van der Waals surface area (Å²) >= 11 is 0. The first-order chi connectivity index (χ1) is 8.23. The molecule has 0 radical (unpaired) electrons. The van der Waals surface area contributed by atoms with Crippen molar-refractivity contribution in [3.05, 3.63) is 35.4 Å². The minimum atomic E-state index is -0.951. The van der Waals surface area contributed by atoms with Gasteiger partial charge in [0, 0.05) is 5.56 Å². The van der Waals surface area contributed by atoms with E-state index in [-0.39, 0.29) is 5.56 Å². The summed E-state index contributed by atoms with van der Waals surface area (Å²) in [6.45, 7) is 7.87. The summed E-state index contributed by atoms with van der Waals surface area (Å²) in [5.41, 5.74) is 0.129. The number of benzene rings is 1. The Bertz CT molecular complexity index is 460. The van der Waals surface area contributed by atoms with E-state index in [1.54, 1.807) is 18.2 Å². The molecule has 1 aromatic carbocycles. The maximum absolute atomic E-state index is 10.9. The first kappa shape index (κ1) is 13.1. The van der Waals surface area contributed by atoms with Crippen molar-refractivity contribution in [1.82, 2.24) is 0 Å². The topological polar surface area (TPSA) is 55.8 Å². The normalized spacial score (nSPS) is 22.0. The van der Waals surface area contributed by atoms with Gasteiger partial charge in [-0.25, -0.2) is 4.79 Å². The van der Waals surface area contributed by atoms with Crippen LogP contribution in [-0.2, 0) is 9.47 Å². The third-order valence-electron chi connectivity index (χ3n) is 3.66. The van der Waals surface area contributed by atoms with Gasteiger partial charge in [-0.05, 0) is 39.8 Å². The smallest absolute Gasteiger partial charge is 0.335 e. The Morgan fingerprint density at radius 2 is 1.72 bits per heavy atom. The molecule has 18 heavy (non-hydrogen) atoms. The predicted molar refractivity (Wildman–Crippen MR) is 66.5 cm³/mol. The van der Waals surface area contributed by atoms with E-state index in [0.29, 0.717) is 0 Å². The molecule has 1 fully saturated rings. The van der Waals surface area contributed by atoms with Crippen LogP contribution >= 0.6 is 0 Å². The van der Waals surface area contributed by atoms with Crippen LogP contribution in [0.1, 0.15) is 49.9 Å². The van der Waals surface area contributed by atoms with Gasteiger partial charge in [-0.3, -0.25) is 0 Å². The van der Waals surface area contributed by atoms with Gasteiger partial charge in [0.15, 0.2) is 6.29 Å². The van der Waals surface area contributed by atoms with E-state index < -0.39 is 23.5 Å². The van der Waals surface area contributed by atoms with Gasteiger partial charge in [0.2, 0.25) is 0 Å². The Kier molecular flexibility index (Phi) is 2.95. The molecule has 1 saturated heterocycles. The monoisotopic (exact) mass is 250 g/mol. The maximum atomic E-state index is 10.9. The molecule has 2 rings (SSSR count). The highest BCUT2D eigenvalue weighted by atomic mass is 16.7. The van der Waals surface area contributed by atoms with Crippen LogP contribution < -0.4 is 0 Å². The highest BCUT2D eigenvalue weighted by Crippen LogP contribution is 2.44. The highest BCUT2D eigenvalue weighted by Gasteiger charge is 2.49. The lowest BCUT2D eigenvalue weighted by molar-refractivity contribution is -0.0895. The number of carboxylic acids is 1. The lowest BCUT2D eigenvalue weighted by Crippen LogP contribution is -2.41. The van der Waals surface area contributed by atoms with Crippen LogP contribution in [-0.4, -0.2) is 22.3 Å². The predicted octanol–water partition coefficient (Wildman–Crippen LogP) is 2.99. The van der Waals surface area contributed by atoms with Gasteiger partial charge in [-0.15, -0.1) is 0 Å². The molecule has 1 N–H and O–H groups in total. The van der Waals surface area contributed by atoms with Gasteiger partial charge in [0.25, 0.3) is 0 Å². The van der Waals surface area contributed by atoms with Crippen LogP contribution in [0.3, 0.4) is 0 Å². The number of hydrogen-bond donors (Lipinski definition) is 1. The standard InChI is InChI=1S/C14H18O4/c1-13(2)14(3,4)18-12(17-13)10-7-5-6-9(8-10)11(15)16/h5-8,12H,1-4H3,(H,15,16). The van der Waals surface area contributed by atoms with Crippen LogP contribution in [0.25, 0.3) is 0 Å². The van der Waals surface area contributed by atoms with Crippen molar-refractivity contribution in [2.24, 2.45) is 0 Å². The molecule has 1 aliphatic rings. The summed E-state index contributed by atoms with van der Waals surface area (Å²) in [5, 5.41) is 8.98. The van der Waals surface area contributed by atoms with E-state index in [1.807, 2.05) is 33.8 Å². The summed E-state index contributed by atoms with van der Waals surface area (Å²) < 4.78 is 11.7. The third-order valence-corrected chi connectivity index (χ3v) is 3.66. The van der Waals surface area contributed by atoms with Gasteiger partial charge in [-0.1, -0.05) is 12.1 Å². The van der Waals surface area contributed by atoms with E-state index in [9.17, 15) is 4.79 Å². The van der Waals surface area contributed by atoms with Crippen LogP contribution in [0.4, 0.5) is 0 Å². The molecular formula is C14H18O4. The summed E-state index contributed by atoms with van der Waals surface area (Å²) in [4.78, 5) is 10.9. The van der Waals surface area contributed by atoms with E-state index in [4.69, 9.17) is 14.6 Å². The van der Waals surface area contributed by atoms with Crippen molar-refractivity contribution in [2.45, 2.75) is 45.2 Å². The van der Waals surface area contributed by atoms with E-state index in [2.05, 4.69) is 0 Å². The fourth-order valence-electron chi connectivity index (χ4n) is 1.80. The number of carboxylic acid groups (broad SMARTS) is 1. The van der Waals surface area contributed by atoms with Gasteiger partial charge in [-0.2, -0.15) is 0 Å². The Morgan fingerprint density at radius 3 is 2.22 bits per heavy atom. The second-order valence-electron chi connectivity index (χ2n) is 5.52. The van der Waals surface area contributed by atoms with Crippen LogP contribution in [0, 0.1) is 0 Å². The average molecular weight is 250 g/mol. The lowest BCUT2D eigenvalue weighted by Gasteiger charge is -2.30. The van der Waals surface area contributed by atoms with Gasteiger partial charge in [0.1, 0.15) is 0 Å². The largest absolute Gasteiger partial charge is 0.478 e. The molecule has 0 unspecified atom stereocenters. The minimum Gasteiger partial charge on any atom is -0.478 e. The molecule has 0 aromatic heterocycles. The van der Waals surface area contributed by atoms with Crippen LogP contribution in [0.2, 0.25) is 0 Å². The van der Waals surface area contributed by atoms with Crippen molar-refractivity contribution in [2.75, 3.05) is 0 Å². The van der Waals surface area contributed by atoms with Crippen molar-refractivity contribution in [3.8, 4) is 0 Å². The first-order valence-corrected chi connectivity index (χ1v) is 5.92. The van der Waals surface area contributed by atoms with E-state index in [1.165, 1.54) is 0 Å². The maximum Gasteiger partial charge on any atom is 0.335 e. The quantitative estimate of drug-likeness (QED) is 0.876. The molecule has 4 nitrogen and oxygen atoms in total. The zero-order valence-corrected chi connectivity index (χ0v) is 11.1. The molecule has 1 heterocycles. The first-order valence-electron chi connectivity index (χ1n) is 5.92. The van der Waals surface area contributed by atoms with Gasteiger partial charge >= 0.3 is 5.97 Å². The zero-order chi connectivity index (χ0) is 13.6. The molecule has 1 aliphatic heterocycles. The molecular weight excluding hydrogens is 232 g/mol. The number of carbonyl (C=O) groups is 1. The Labute approximate surface area is 107 Å². The molecule has 0 bridgehead atoms. The van der Waals surface area contributed by atoms with E-state index in [0.717, 1.165) is 5.56 Å². The van der Waals surface area contributed by atoms with E-state index >= 15 is 0 Å². The summed E-state index contributed by atoms with van der Waals surface area (Å²) in [6, 6.07) is 6.65. The summed E-state index contributed by atoms with van der Waals surface area (Å²) in [7, 11) is 0. The number of ether oxygens (including phenoxy) is 2. The summed E-state index contributed by atoms with van der Waals surface area (Å²) in [5.74, 6) is -0.951. The minimum absolute atomic E-state index is 0.238. The molecule has 0 amide bonds. The van der Waals surface area contributed by atoms with Crippen molar-refractivity contribution >= 4 is 5.97 Å². The van der Waals surface area contributed by atoms with Gasteiger partial charge < -0.3 is 14.6 Å². The fraction of sp³-hybridized carbons (Fsp3) is 0.500. The van der Waals surface area contributed by atoms with Crippen LogP contribution in [0.15, 0.2) is 24.3 Å². The Balaban J connectivity index is 2.30. The Hall–Kier alpha value is -1.39. The molecule has 0 atom stereocenters. The molecule has 4 heteroatoms. The SMILES string of the molecule is CC1(C)OC(c2cccc(C(=O)O)c2)OC1(C)C. The van der Waals surface area contributed by atoms with Crippen molar-refractivity contribution in [1.29, 1.82) is 0 Å². The lowest BCUT2D eigenvalue weighted by atomic mass is 9.90. The van der Waals surface area contributed by atoms with Crippen molar-refractivity contribution in [3.63, 3.8) is 0 Å². The highest BCUT2D eigenvalue weighted by molar-refractivity contribution is 5.87. The number of hydrogen-bond acceptors (Lipinski definition) is 3. The average Bonchev–Trinajstić information content (AvgIpc) is 2.48. The molecule has 98 valence electrons. The number of aromatic carboxylic acids is 1. The molecule has 0 spiro atoms. The number of rotatable bonds is 2. The summed E-state index contributed by atoms with van der Waals surface area (Å²) in [6.07, 6.45) is -0.519. The third kappa shape index (κ3) is 2.13. The second-order valence-corrected chi connectivity index (χ2v) is 5.52. The zero-order valence-electron chi connectivity index (χ0n) is 11.1.